The Balaban J connectivity index is 0.000000597. The second-order valence-corrected chi connectivity index (χ2v) is 3.69. The molecule has 0 aromatic heterocycles. The fraction of sp³-hybridized carbons (Fsp3) is 0.167. The average molecular weight is 435 g/mol. The number of imidazole rings is 2. The van der Waals surface area contributed by atoms with Crippen LogP contribution < -0.4 is 0 Å². The van der Waals surface area contributed by atoms with Crippen LogP contribution in [0.1, 0.15) is 0 Å². The van der Waals surface area contributed by atoms with Crippen LogP contribution in [0.3, 0.4) is 0 Å². The largest absolute Gasteiger partial charge is 0.545 e. The number of fused-ring (bicyclic) bond motifs is 3. The summed E-state index contributed by atoms with van der Waals surface area (Å²) in [5.41, 5.74) is 2.38. The molecule has 3 heterocycles. The molecular weight excluding hydrogens is 422 g/mol. The first-order valence-corrected chi connectivity index (χ1v) is 5.04. The molecule has 105 valence electrons. The first-order chi connectivity index (χ1) is 8.74. The minimum absolute atomic E-state index is 0. The van der Waals surface area contributed by atoms with Gasteiger partial charge in [0.25, 0.3) is 0 Å². The topological polar surface area (TPSA) is 60.6 Å². The van der Waals surface area contributed by atoms with Gasteiger partial charge in [0.1, 0.15) is 0 Å². The van der Waals surface area contributed by atoms with E-state index in [9.17, 15) is 0 Å². The van der Waals surface area contributed by atoms with Crippen molar-refractivity contribution >= 4 is 6.79 Å². The van der Waals surface area contributed by atoms with Crippen LogP contribution >= 0.6 is 0 Å². The van der Waals surface area contributed by atoms with E-state index in [0.717, 1.165) is 0 Å². The molecule has 0 unspecified atom stereocenters. The summed E-state index contributed by atoms with van der Waals surface area (Å²) in [6.07, 6.45) is 8.31. The Morgan fingerprint density at radius 2 is 1.32 bits per heavy atom. The first kappa shape index (κ1) is 17.0. The SMILES string of the molecule is Cn1cc2ccc3cn(C)[cH-]n-3n-2[cH-]1.[C-]#N.[CH-]=O.[Ir]. The van der Waals surface area contributed by atoms with Gasteiger partial charge in [-0.1, -0.05) is 11.4 Å². The molecule has 7 heteroatoms. The van der Waals surface area contributed by atoms with Crippen molar-refractivity contribution in [2.75, 3.05) is 0 Å². The Hall–Kier alpha value is -2.03. The van der Waals surface area contributed by atoms with E-state index in [-0.39, 0.29) is 20.1 Å². The minimum Gasteiger partial charge on any atom is -0.545 e. The molecule has 0 aromatic rings. The van der Waals surface area contributed by atoms with Gasteiger partial charge in [-0.15, -0.1) is 24.5 Å². The molecule has 0 amide bonds. The summed E-state index contributed by atoms with van der Waals surface area (Å²) < 4.78 is 8.34. The quantitative estimate of drug-likeness (QED) is 0.394. The number of rotatable bonds is 0. The van der Waals surface area contributed by atoms with Crippen molar-refractivity contribution in [2.24, 2.45) is 14.1 Å². The molecule has 3 aliphatic heterocycles. The number of aromatic nitrogens is 4. The van der Waals surface area contributed by atoms with Crippen molar-refractivity contribution in [3.8, 4) is 11.4 Å². The van der Waals surface area contributed by atoms with Gasteiger partial charge in [0, 0.05) is 20.1 Å². The van der Waals surface area contributed by atoms with Crippen LogP contribution in [0.15, 0.2) is 37.2 Å². The Morgan fingerprint density at radius 1 is 1.00 bits per heavy atom. The van der Waals surface area contributed by atoms with Gasteiger partial charge in [0.05, 0.1) is 0 Å². The third-order valence-electron chi connectivity index (χ3n) is 2.44. The second kappa shape index (κ2) is 7.41. The van der Waals surface area contributed by atoms with Crippen molar-refractivity contribution in [2.45, 2.75) is 0 Å². The summed E-state index contributed by atoms with van der Waals surface area (Å²) in [4.78, 5) is 7.75. The summed E-state index contributed by atoms with van der Waals surface area (Å²) in [5, 5.41) is 6.25. The van der Waals surface area contributed by atoms with Crippen LogP contribution in [-0.2, 0) is 39.0 Å². The third kappa shape index (κ3) is 3.25. The van der Waals surface area contributed by atoms with E-state index in [1.807, 2.05) is 14.1 Å². The van der Waals surface area contributed by atoms with Gasteiger partial charge < -0.3 is 35.1 Å². The Kier molecular flexibility index (Phi) is 6.62. The van der Waals surface area contributed by atoms with Gasteiger partial charge in [-0.3, -0.25) is 6.79 Å². The predicted octanol–water partition coefficient (Wildman–Crippen LogP) is 1.20. The maximum absolute atomic E-state index is 7.75. The van der Waals surface area contributed by atoms with E-state index < -0.39 is 0 Å². The van der Waals surface area contributed by atoms with Crippen molar-refractivity contribution in [1.82, 2.24) is 18.5 Å². The molecule has 0 fully saturated rings. The zero-order chi connectivity index (χ0) is 13.7. The van der Waals surface area contributed by atoms with E-state index in [1.165, 1.54) is 11.4 Å². The molecule has 0 saturated heterocycles. The molecule has 1 radical (unpaired) electrons. The smallest absolute Gasteiger partial charge is 0 e. The third-order valence-corrected chi connectivity index (χ3v) is 2.44. The molecule has 3 rings (SSSR count). The molecule has 19 heavy (non-hydrogen) atoms. The van der Waals surface area contributed by atoms with Gasteiger partial charge in [-0.25, -0.2) is 0 Å². The number of hydrogen-bond donors (Lipinski definition) is 0. The normalized spacial score (nSPS) is 8.84. The van der Waals surface area contributed by atoms with Gasteiger partial charge >= 0.3 is 0 Å². The molecule has 3 aliphatic rings. The van der Waals surface area contributed by atoms with Crippen LogP contribution in [0.5, 0.6) is 0 Å². The molecule has 6 nitrogen and oxygen atoms in total. The van der Waals surface area contributed by atoms with E-state index in [4.69, 9.17) is 16.6 Å². The van der Waals surface area contributed by atoms with Crippen molar-refractivity contribution < 1.29 is 24.9 Å². The summed E-state index contributed by atoms with van der Waals surface area (Å²) in [7, 11) is 4.06. The van der Waals surface area contributed by atoms with E-state index in [1.54, 1.807) is 0 Å². The number of aryl methyl sites for hydroxylation is 2. The van der Waals surface area contributed by atoms with Crippen LogP contribution in [0.25, 0.3) is 11.4 Å². The van der Waals surface area contributed by atoms with Crippen molar-refractivity contribution in [1.29, 1.82) is 5.26 Å². The summed E-state index contributed by atoms with van der Waals surface area (Å²) >= 11 is 0. The number of nitrogens with zero attached hydrogens (tertiary/aromatic N) is 5. The fourth-order valence-electron chi connectivity index (χ4n) is 1.85. The predicted molar refractivity (Wildman–Crippen MR) is 65.9 cm³/mol. The monoisotopic (exact) mass is 436 g/mol. The Morgan fingerprint density at radius 3 is 1.63 bits per heavy atom. The first-order valence-electron chi connectivity index (χ1n) is 5.04. The van der Waals surface area contributed by atoms with Crippen LogP contribution in [0.4, 0.5) is 0 Å². The van der Waals surface area contributed by atoms with Gasteiger partial charge in [-0.05, 0) is 26.7 Å². The molecule has 0 atom stereocenters. The van der Waals surface area contributed by atoms with Crippen LogP contribution in [0, 0.1) is 11.8 Å². The summed E-state index contributed by atoms with van der Waals surface area (Å²) in [6, 6.07) is 4.24. The maximum Gasteiger partial charge on any atom is 0 e. The number of carbonyl (C=O) groups excluding carboxylic acids is 1. The summed E-state index contributed by atoms with van der Waals surface area (Å²) in [6.45, 7) is 8.00. The van der Waals surface area contributed by atoms with E-state index in [0.29, 0.717) is 0 Å². The van der Waals surface area contributed by atoms with Crippen LogP contribution in [-0.4, -0.2) is 25.3 Å². The summed E-state index contributed by atoms with van der Waals surface area (Å²) in [5.74, 6) is 0. The second-order valence-electron chi connectivity index (χ2n) is 3.69. The average Bonchev–Trinajstić information content (AvgIpc) is 2.95. The molecule has 0 aromatic carbocycles. The van der Waals surface area contributed by atoms with E-state index >= 15 is 0 Å². The van der Waals surface area contributed by atoms with Gasteiger partial charge in [-0.2, -0.15) is 0 Å². The Labute approximate surface area is 125 Å². The molecule has 0 N–H and O–H groups in total. The zero-order valence-electron chi connectivity index (χ0n) is 10.5. The zero-order valence-corrected chi connectivity index (χ0v) is 12.9. The molecule has 0 spiro atoms. The van der Waals surface area contributed by atoms with Gasteiger partial charge in [0.15, 0.2) is 0 Å². The van der Waals surface area contributed by atoms with Gasteiger partial charge in [0.2, 0.25) is 0 Å². The fourth-order valence-corrected chi connectivity index (χ4v) is 1.85. The molecule has 0 aliphatic carbocycles. The molecule has 0 bridgehead atoms. The standard InChI is InChI=1S/C10H12N4.CN.CHO.Ir/c1-11-5-9-3-4-10-6-12(2)8-14(10)13(9)7-11;2*1-2;/h3-8H,1-2H3;;1H;/q-2;2*-1;. The minimum atomic E-state index is 0. The van der Waals surface area contributed by atoms with Crippen molar-refractivity contribution in [3.63, 3.8) is 0 Å². The molecule has 0 saturated carbocycles. The van der Waals surface area contributed by atoms with Crippen molar-refractivity contribution in [3.05, 3.63) is 43.8 Å². The maximum atomic E-state index is 7.75. The van der Waals surface area contributed by atoms with E-state index in [2.05, 4.69) is 62.5 Å². The Bertz CT molecular complexity index is 551. The number of hydrogen-bond acceptors (Lipinski definition) is 2. The van der Waals surface area contributed by atoms with Crippen LogP contribution in [0.2, 0.25) is 0 Å². The molecular formula is C12H13IrN5O-4.